The molecule has 1 amide bonds. The van der Waals surface area contributed by atoms with Gasteiger partial charge in [-0.3, -0.25) is 4.79 Å². The van der Waals surface area contributed by atoms with Gasteiger partial charge >= 0.3 is 0 Å². The van der Waals surface area contributed by atoms with Crippen molar-refractivity contribution in [3.63, 3.8) is 0 Å². The normalized spacial score (nSPS) is 12.2. The van der Waals surface area contributed by atoms with Gasteiger partial charge in [-0.05, 0) is 49.4 Å². The minimum Gasteiger partial charge on any atom is -0.386 e. The number of rotatable bonds is 4. The number of hydrogen-bond donors (Lipinski definition) is 2. The van der Waals surface area contributed by atoms with Crippen LogP contribution < -0.4 is 5.32 Å². The Labute approximate surface area is 123 Å². The Kier molecular flexibility index (Phi) is 4.57. The SMILES string of the molecule is Cc1ccc(C)c(C(=O)NCC(O)c2sccc2C)c1. The Morgan fingerprint density at radius 2 is 2.00 bits per heavy atom. The van der Waals surface area contributed by atoms with Crippen molar-refractivity contribution in [1.29, 1.82) is 0 Å². The predicted octanol–water partition coefficient (Wildman–Crippen LogP) is 3.14. The van der Waals surface area contributed by atoms with E-state index in [4.69, 9.17) is 0 Å². The predicted molar refractivity (Wildman–Crippen MR) is 82.3 cm³/mol. The van der Waals surface area contributed by atoms with Crippen LogP contribution in [0.2, 0.25) is 0 Å². The van der Waals surface area contributed by atoms with Gasteiger partial charge in [0.05, 0.1) is 0 Å². The first-order valence-electron chi connectivity index (χ1n) is 6.56. The lowest BCUT2D eigenvalue weighted by atomic mass is 10.0. The highest BCUT2D eigenvalue weighted by Gasteiger charge is 2.15. The summed E-state index contributed by atoms with van der Waals surface area (Å²) in [6.07, 6.45) is -0.649. The first kappa shape index (κ1) is 14.8. The molecule has 0 aliphatic carbocycles. The zero-order valence-corrected chi connectivity index (χ0v) is 12.8. The van der Waals surface area contributed by atoms with Crippen LogP contribution in [0.15, 0.2) is 29.6 Å². The summed E-state index contributed by atoms with van der Waals surface area (Å²) >= 11 is 1.51. The van der Waals surface area contributed by atoms with Crippen molar-refractivity contribution < 1.29 is 9.90 Å². The number of nitrogens with one attached hydrogen (secondary N) is 1. The van der Waals surface area contributed by atoms with E-state index in [2.05, 4.69) is 5.32 Å². The molecule has 0 aliphatic rings. The van der Waals surface area contributed by atoms with E-state index in [0.29, 0.717) is 5.56 Å². The quantitative estimate of drug-likeness (QED) is 0.908. The molecule has 106 valence electrons. The van der Waals surface area contributed by atoms with Crippen molar-refractivity contribution in [3.8, 4) is 0 Å². The van der Waals surface area contributed by atoms with Gasteiger partial charge in [-0.2, -0.15) is 0 Å². The number of aliphatic hydroxyl groups is 1. The van der Waals surface area contributed by atoms with Gasteiger partial charge in [0.25, 0.3) is 5.91 Å². The van der Waals surface area contributed by atoms with Gasteiger partial charge in [0.2, 0.25) is 0 Å². The van der Waals surface area contributed by atoms with Gasteiger partial charge in [-0.15, -0.1) is 11.3 Å². The number of hydrogen-bond acceptors (Lipinski definition) is 3. The highest BCUT2D eigenvalue weighted by molar-refractivity contribution is 7.10. The lowest BCUT2D eigenvalue weighted by Crippen LogP contribution is -2.28. The second kappa shape index (κ2) is 6.20. The van der Waals surface area contributed by atoms with E-state index in [9.17, 15) is 9.90 Å². The maximum absolute atomic E-state index is 12.2. The minimum atomic E-state index is -0.649. The maximum atomic E-state index is 12.2. The number of amides is 1. The van der Waals surface area contributed by atoms with Crippen molar-refractivity contribution in [2.24, 2.45) is 0 Å². The van der Waals surface area contributed by atoms with E-state index in [-0.39, 0.29) is 12.5 Å². The molecule has 0 saturated heterocycles. The molecule has 0 aliphatic heterocycles. The average Bonchev–Trinajstić information content (AvgIpc) is 2.84. The van der Waals surface area contributed by atoms with Crippen molar-refractivity contribution in [2.45, 2.75) is 26.9 Å². The number of aliphatic hydroxyl groups excluding tert-OH is 1. The molecule has 4 heteroatoms. The van der Waals surface area contributed by atoms with Crippen molar-refractivity contribution in [2.75, 3.05) is 6.54 Å². The molecule has 1 aromatic heterocycles. The third-order valence-corrected chi connectivity index (χ3v) is 4.42. The minimum absolute atomic E-state index is 0.139. The van der Waals surface area contributed by atoms with Gasteiger partial charge in [-0.25, -0.2) is 0 Å². The third kappa shape index (κ3) is 3.26. The molecule has 2 rings (SSSR count). The van der Waals surface area contributed by atoms with Gasteiger partial charge < -0.3 is 10.4 Å². The first-order chi connectivity index (χ1) is 9.49. The second-order valence-electron chi connectivity index (χ2n) is 5.01. The highest BCUT2D eigenvalue weighted by Crippen LogP contribution is 2.23. The Hall–Kier alpha value is -1.65. The Morgan fingerprint density at radius 1 is 1.25 bits per heavy atom. The average molecular weight is 289 g/mol. The van der Waals surface area contributed by atoms with Crippen LogP contribution in [0, 0.1) is 20.8 Å². The molecule has 0 bridgehead atoms. The number of carbonyl (C=O) groups is 1. The lowest BCUT2D eigenvalue weighted by Gasteiger charge is -2.13. The van der Waals surface area contributed by atoms with Gasteiger partial charge in [-0.1, -0.05) is 17.7 Å². The van der Waals surface area contributed by atoms with Crippen molar-refractivity contribution in [3.05, 3.63) is 56.8 Å². The Morgan fingerprint density at radius 3 is 2.65 bits per heavy atom. The van der Waals surface area contributed by atoms with Gasteiger partial charge in [0.1, 0.15) is 6.10 Å². The molecule has 1 unspecified atom stereocenters. The summed E-state index contributed by atoms with van der Waals surface area (Å²) in [6, 6.07) is 7.75. The van der Waals surface area contributed by atoms with Gasteiger partial charge in [0.15, 0.2) is 0 Å². The monoisotopic (exact) mass is 289 g/mol. The fraction of sp³-hybridized carbons (Fsp3) is 0.312. The van der Waals surface area contributed by atoms with Crippen LogP contribution in [-0.2, 0) is 0 Å². The number of thiophene rings is 1. The van der Waals surface area contributed by atoms with E-state index in [0.717, 1.165) is 21.6 Å². The number of carbonyl (C=O) groups excluding carboxylic acids is 1. The molecule has 0 spiro atoms. The molecule has 0 fully saturated rings. The standard InChI is InChI=1S/C16H19NO2S/c1-10-4-5-11(2)13(8-10)16(19)17-9-14(18)15-12(3)6-7-20-15/h4-8,14,18H,9H2,1-3H3,(H,17,19). The Balaban J connectivity index is 2.02. The topological polar surface area (TPSA) is 49.3 Å². The fourth-order valence-corrected chi connectivity index (χ4v) is 3.00. The zero-order valence-electron chi connectivity index (χ0n) is 11.9. The van der Waals surface area contributed by atoms with Crippen molar-refractivity contribution in [1.82, 2.24) is 5.32 Å². The number of benzene rings is 1. The zero-order chi connectivity index (χ0) is 14.7. The molecule has 1 aromatic carbocycles. The van der Waals surface area contributed by atoms with E-state index >= 15 is 0 Å². The maximum Gasteiger partial charge on any atom is 0.251 e. The van der Waals surface area contributed by atoms with Crippen LogP contribution in [0.1, 0.15) is 38.0 Å². The molecule has 2 aromatic rings. The second-order valence-corrected chi connectivity index (χ2v) is 5.96. The molecule has 1 heterocycles. The third-order valence-electron chi connectivity index (χ3n) is 3.30. The van der Waals surface area contributed by atoms with E-state index in [1.807, 2.05) is 50.4 Å². The highest BCUT2D eigenvalue weighted by atomic mass is 32.1. The summed E-state index contributed by atoms with van der Waals surface area (Å²) in [5.74, 6) is -0.139. The van der Waals surface area contributed by atoms with E-state index in [1.54, 1.807) is 0 Å². The summed E-state index contributed by atoms with van der Waals surface area (Å²) in [6.45, 7) is 6.06. The number of aryl methyl sites for hydroxylation is 3. The van der Waals surface area contributed by atoms with Crippen LogP contribution in [0.3, 0.4) is 0 Å². The summed E-state index contributed by atoms with van der Waals surface area (Å²) in [5, 5.41) is 14.9. The van der Waals surface area contributed by atoms with Crippen LogP contribution in [0.25, 0.3) is 0 Å². The molecule has 2 N–H and O–H groups in total. The van der Waals surface area contributed by atoms with Gasteiger partial charge in [0, 0.05) is 17.0 Å². The van der Waals surface area contributed by atoms with Crippen molar-refractivity contribution >= 4 is 17.2 Å². The van der Waals surface area contributed by atoms with Crippen LogP contribution in [-0.4, -0.2) is 17.6 Å². The molecule has 1 atom stereocenters. The van der Waals surface area contributed by atoms with Crippen LogP contribution >= 0.6 is 11.3 Å². The summed E-state index contributed by atoms with van der Waals surface area (Å²) in [5.41, 5.74) is 3.72. The van der Waals surface area contributed by atoms with E-state index in [1.165, 1.54) is 11.3 Å². The molecular formula is C16H19NO2S. The molecule has 0 saturated carbocycles. The van der Waals surface area contributed by atoms with E-state index < -0.39 is 6.10 Å². The largest absolute Gasteiger partial charge is 0.386 e. The Bertz CT molecular complexity index is 619. The molecule has 3 nitrogen and oxygen atoms in total. The smallest absolute Gasteiger partial charge is 0.251 e. The molecular weight excluding hydrogens is 270 g/mol. The molecule has 20 heavy (non-hydrogen) atoms. The lowest BCUT2D eigenvalue weighted by molar-refractivity contribution is 0.0917. The first-order valence-corrected chi connectivity index (χ1v) is 7.44. The summed E-state index contributed by atoms with van der Waals surface area (Å²) in [7, 11) is 0. The summed E-state index contributed by atoms with van der Waals surface area (Å²) < 4.78 is 0. The van der Waals surface area contributed by atoms with Crippen LogP contribution in [0.4, 0.5) is 0 Å². The molecule has 0 radical (unpaired) electrons. The van der Waals surface area contributed by atoms with Crippen LogP contribution in [0.5, 0.6) is 0 Å². The summed E-state index contributed by atoms with van der Waals surface area (Å²) in [4.78, 5) is 13.1. The fourth-order valence-electron chi connectivity index (χ4n) is 2.08.